The van der Waals surface area contributed by atoms with E-state index in [1.165, 1.54) is 6.33 Å². The molecule has 0 aliphatic rings. The third-order valence-corrected chi connectivity index (χ3v) is 4.37. The summed E-state index contributed by atoms with van der Waals surface area (Å²) in [6.07, 6.45) is 4.90. The van der Waals surface area contributed by atoms with Gasteiger partial charge < -0.3 is 20.1 Å². The first-order valence-corrected chi connectivity index (χ1v) is 10.1. The number of anilines is 2. The Kier molecular flexibility index (Phi) is 6.49. The second-order valence-corrected chi connectivity index (χ2v) is 7.13. The second kappa shape index (κ2) is 9.82. The molecular weight excluding hydrogens is 392 g/mol. The van der Waals surface area contributed by atoms with Gasteiger partial charge in [-0.3, -0.25) is 0 Å². The van der Waals surface area contributed by atoms with Crippen LogP contribution in [0.5, 0.6) is 17.4 Å². The number of rotatable bonds is 9. The number of aromatic nitrogens is 4. The van der Waals surface area contributed by atoms with Gasteiger partial charge in [-0.1, -0.05) is 19.9 Å². The highest BCUT2D eigenvalue weighted by Gasteiger charge is 2.08. The van der Waals surface area contributed by atoms with Crippen LogP contribution in [0.1, 0.15) is 13.8 Å². The summed E-state index contributed by atoms with van der Waals surface area (Å²) in [6, 6.07) is 15.3. The van der Waals surface area contributed by atoms with Gasteiger partial charge in [0.15, 0.2) is 0 Å². The van der Waals surface area contributed by atoms with E-state index in [4.69, 9.17) is 9.47 Å². The van der Waals surface area contributed by atoms with Crippen LogP contribution in [0.2, 0.25) is 0 Å². The lowest BCUT2D eigenvalue weighted by Gasteiger charge is -2.11. The molecule has 31 heavy (non-hydrogen) atoms. The van der Waals surface area contributed by atoms with Crippen molar-refractivity contribution in [3.05, 3.63) is 67.3 Å². The lowest BCUT2D eigenvalue weighted by atomic mass is 10.2. The Balaban J connectivity index is 1.45. The Hall–Kier alpha value is -3.78. The minimum Gasteiger partial charge on any atom is -0.491 e. The van der Waals surface area contributed by atoms with E-state index >= 15 is 0 Å². The maximum absolute atomic E-state index is 5.93. The maximum atomic E-state index is 5.93. The SMILES string of the molecule is CC(C)NCCOc1ccc(Oc2ccc3ncnc(Nc4ccccn4)c3c2)nc1. The van der Waals surface area contributed by atoms with E-state index in [9.17, 15) is 0 Å². The van der Waals surface area contributed by atoms with Crippen molar-refractivity contribution in [3.8, 4) is 17.4 Å². The number of fused-ring (bicyclic) bond motifs is 1. The molecule has 0 aliphatic carbocycles. The van der Waals surface area contributed by atoms with Crippen molar-refractivity contribution < 1.29 is 9.47 Å². The lowest BCUT2D eigenvalue weighted by Crippen LogP contribution is -2.27. The number of ether oxygens (including phenoxy) is 2. The molecule has 4 aromatic rings. The van der Waals surface area contributed by atoms with Crippen molar-refractivity contribution in [2.75, 3.05) is 18.5 Å². The molecule has 0 unspecified atom stereocenters. The lowest BCUT2D eigenvalue weighted by molar-refractivity contribution is 0.307. The molecule has 0 fully saturated rings. The predicted molar refractivity (Wildman–Crippen MR) is 120 cm³/mol. The molecule has 158 valence electrons. The van der Waals surface area contributed by atoms with Crippen LogP contribution in [0.3, 0.4) is 0 Å². The third kappa shape index (κ3) is 5.64. The monoisotopic (exact) mass is 416 g/mol. The van der Waals surface area contributed by atoms with Gasteiger partial charge >= 0.3 is 0 Å². The highest BCUT2D eigenvalue weighted by molar-refractivity contribution is 5.91. The first kappa shape index (κ1) is 20.5. The minimum absolute atomic E-state index is 0.435. The molecule has 0 spiro atoms. The molecule has 8 heteroatoms. The van der Waals surface area contributed by atoms with Gasteiger partial charge in [0.2, 0.25) is 5.88 Å². The Morgan fingerprint density at radius 3 is 2.61 bits per heavy atom. The quantitative estimate of drug-likeness (QED) is 0.389. The Labute approximate surface area is 180 Å². The highest BCUT2D eigenvalue weighted by Crippen LogP contribution is 2.28. The summed E-state index contributed by atoms with van der Waals surface area (Å²) in [5.74, 6) is 3.17. The molecule has 4 rings (SSSR count). The number of nitrogens with one attached hydrogen (secondary N) is 2. The summed E-state index contributed by atoms with van der Waals surface area (Å²) in [7, 11) is 0. The molecule has 0 saturated heterocycles. The number of benzene rings is 1. The average Bonchev–Trinajstić information content (AvgIpc) is 2.79. The summed E-state index contributed by atoms with van der Waals surface area (Å²) >= 11 is 0. The normalized spacial score (nSPS) is 10.9. The number of nitrogens with zero attached hydrogens (tertiary/aromatic N) is 4. The summed E-state index contributed by atoms with van der Waals surface area (Å²) in [4.78, 5) is 17.3. The van der Waals surface area contributed by atoms with Crippen LogP contribution in [0, 0.1) is 0 Å². The summed E-state index contributed by atoms with van der Waals surface area (Å²) in [5.41, 5.74) is 0.799. The van der Waals surface area contributed by atoms with E-state index in [1.807, 2.05) is 42.5 Å². The average molecular weight is 416 g/mol. The molecule has 3 aromatic heterocycles. The molecule has 0 bridgehead atoms. The topological polar surface area (TPSA) is 94.1 Å². The zero-order chi connectivity index (χ0) is 21.5. The Bertz CT molecular complexity index is 1120. The summed E-state index contributed by atoms with van der Waals surface area (Å²) < 4.78 is 11.6. The molecule has 0 atom stereocenters. The molecule has 1 aromatic carbocycles. The summed E-state index contributed by atoms with van der Waals surface area (Å²) in [6.45, 7) is 5.56. The minimum atomic E-state index is 0.435. The van der Waals surface area contributed by atoms with Crippen molar-refractivity contribution >= 4 is 22.5 Å². The van der Waals surface area contributed by atoms with E-state index in [-0.39, 0.29) is 0 Å². The largest absolute Gasteiger partial charge is 0.491 e. The zero-order valence-corrected chi connectivity index (χ0v) is 17.4. The van der Waals surface area contributed by atoms with E-state index < -0.39 is 0 Å². The fourth-order valence-corrected chi connectivity index (χ4v) is 2.91. The van der Waals surface area contributed by atoms with Gasteiger partial charge in [-0.2, -0.15) is 0 Å². The van der Waals surface area contributed by atoms with Crippen LogP contribution >= 0.6 is 0 Å². The molecule has 3 heterocycles. The van der Waals surface area contributed by atoms with Crippen molar-refractivity contribution in [2.24, 2.45) is 0 Å². The zero-order valence-electron chi connectivity index (χ0n) is 17.4. The molecule has 8 nitrogen and oxygen atoms in total. The van der Waals surface area contributed by atoms with Gasteiger partial charge in [-0.15, -0.1) is 0 Å². The maximum Gasteiger partial charge on any atom is 0.219 e. The van der Waals surface area contributed by atoms with Crippen LogP contribution in [-0.4, -0.2) is 39.1 Å². The first-order chi connectivity index (χ1) is 15.2. The van der Waals surface area contributed by atoms with Crippen molar-refractivity contribution in [1.29, 1.82) is 0 Å². The molecule has 0 amide bonds. The van der Waals surface area contributed by atoms with Gasteiger partial charge in [0, 0.05) is 30.2 Å². The highest BCUT2D eigenvalue weighted by atomic mass is 16.5. The van der Waals surface area contributed by atoms with Crippen LogP contribution in [0.25, 0.3) is 10.9 Å². The predicted octanol–water partition coefficient (Wildman–Crippen LogP) is 4.33. The molecule has 2 N–H and O–H groups in total. The van der Waals surface area contributed by atoms with E-state index in [1.54, 1.807) is 18.5 Å². The van der Waals surface area contributed by atoms with Crippen LogP contribution in [0.4, 0.5) is 11.6 Å². The van der Waals surface area contributed by atoms with E-state index in [2.05, 4.69) is 44.4 Å². The number of hydrogen-bond acceptors (Lipinski definition) is 8. The summed E-state index contributed by atoms with van der Waals surface area (Å²) in [5, 5.41) is 7.35. The van der Waals surface area contributed by atoms with Crippen molar-refractivity contribution in [2.45, 2.75) is 19.9 Å². The van der Waals surface area contributed by atoms with E-state index in [0.29, 0.717) is 41.7 Å². The number of hydrogen-bond donors (Lipinski definition) is 2. The third-order valence-electron chi connectivity index (χ3n) is 4.37. The standard InChI is InChI=1S/C23H24N6O2/c1-16(2)24-11-12-30-18-7-9-22(26-14-18)31-17-6-8-20-19(13-17)23(28-15-27-20)29-21-5-3-4-10-25-21/h3-10,13-16,24H,11-12H2,1-2H3,(H,25,27,28,29). The van der Waals surface area contributed by atoms with Crippen molar-refractivity contribution in [1.82, 2.24) is 25.3 Å². The number of pyridine rings is 2. The molecule has 0 aliphatic heterocycles. The van der Waals surface area contributed by atoms with Gasteiger partial charge in [0.05, 0.1) is 11.7 Å². The van der Waals surface area contributed by atoms with Gasteiger partial charge in [0.25, 0.3) is 0 Å². The van der Waals surface area contributed by atoms with Crippen LogP contribution in [-0.2, 0) is 0 Å². The van der Waals surface area contributed by atoms with E-state index in [0.717, 1.165) is 17.4 Å². The van der Waals surface area contributed by atoms with Gasteiger partial charge in [-0.25, -0.2) is 19.9 Å². The van der Waals surface area contributed by atoms with Gasteiger partial charge in [-0.05, 0) is 36.4 Å². The fraction of sp³-hybridized carbons (Fsp3) is 0.217. The Morgan fingerprint density at radius 1 is 0.935 bits per heavy atom. The van der Waals surface area contributed by atoms with Crippen LogP contribution < -0.4 is 20.1 Å². The molecular formula is C23H24N6O2. The second-order valence-electron chi connectivity index (χ2n) is 7.13. The molecule has 0 saturated carbocycles. The molecule has 0 radical (unpaired) electrons. The smallest absolute Gasteiger partial charge is 0.219 e. The first-order valence-electron chi connectivity index (χ1n) is 10.1. The fourth-order valence-electron chi connectivity index (χ4n) is 2.91. The van der Waals surface area contributed by atoms with Crippen LogP contribution in [0.15, 0.2) is 67.3 Å². The van der Waals surface area contributed by atoms with Crippen molar-refractivity contribution in [3.63, 3.8) is 0 Å². The van der Waals surface area contributed by atoms with Gasteiger partial charge in [0.1, 0.15) is 36.1 Å². The Morgan fingerprint density at radius 2 is 1.84 bits per heavy atom.